The minimum Gasteiger partial charge on any atom is -0.481 e. The summed E-state index contributed by atoms with van der Waals surface area (Å²) in [5, 5.41) is 11.2. The van der Waals surface area contributed by atoms with Crippen LogP contribution in [0.3, 0.4) is 0 Å². The summed E-state index contributed by atoms with van der Waals surface area (Å²) >= 11 is 0. The van der Waals surface area contributed by atoms with Gasteiger partial charge in [0.15, 0.2) is 11.6 Å². The summed E-state index contributed by atoms with van der Waals surface area (Å²) in [6.45, 7) is 1.76. The Morgan fingerprint density at radius 2 is 2.00 bits per heavy atom. The first kappa shape index (κ1) is 15.1. The smallest absolute Gasteiger partial charge is 0.305 e. The van der Waals surface area contributed by atoms with Crippen molar-refractivity contribution in [2.45, 2.75) is 32.2 Å². The predicted octanol–water partition coefficient (Wildman–Crippen LogP) is 1.88. The van der Waals surface area contributed by atoms with Crippen LogP contribution < -0.4 is 5.32 Å². The van der Waals surface area contributed by atoms with Gasteiger partial charge < -0.3 is 10.4 Å². The standard InChI is InChI=1S/C13H15F2NO3/c1-2-9(7-13(18)19)16-12(17)6-8-3-4-10(14)11(15)5-8/h3-5,9H,2,6-7H2,1H3,(H,16,17)(H,18,19). The molecule has 6 heteroatoms. The fourth-order valence-corrected chi connectivity index (χ4v) is 1.62. The molecule has 1 aromatic carbocycles. The number of hydrogen-bond donors (Lipinski definition) is 2. The molecule has 0 radical (unpaired) electrons. The number of carbonyl (C=O) groups is 2. The molecular weight excluding hydrogens is 256 g/mol. The Kier molecular flexibility index (Phi) is 5.41. The lowest BCUT2D eigenvalue weighted by atomic mass is 10.1. The summed E-state index contributed by atoms with van der Waals surface area (Å²) in [4.78, 5) is 22.2. The van der Waals surface area contributed by atoms with E-state index < -0.39 is 29.6 Å². The number of hydrogen-bond acceptors (Lipinski definition) is 2. The molecule has 0 spiro atoms. The molecule has 1 unspecified atom stereocenters. The second-order valence-corrected chi connectivity index (χ2v) is 4.20. The lowest BCUT2D eigenvalue weighted by Gasteiger charge is -2.14. The highest BCUT2D eigenvalue weighted by Gasteiger charge is 2.14. The third-order valence-corrected chi connectivity index (χ3v) is 2.63. The predicted molar refractivity (Wildman–Crippen MR) is 64.5 cm³/mol. The molecule has 0 heterocycles. The number of amides is 1. The van der Waals surface area contributed by atoms with E-state index in [-0.39, 0.29) is 12.8 Å². The molecular formula is C13H15F2NO3. The maximum atomic E-state index is 12.9. The van der Waals surface area contributed by atoms with Gasteiger partial charge in [-0.3, -0.25) is 9.59 Å². The Bertz CT molecular complexity index is 477. The fourth-order valence-electron chi connectivity index (χ4n) is 1.62. The molecule has 104 valence electrons. The van der Waals surface area contributed by atoms with Crippen molar-refractivity contribution in [1.29, 1.82) is 0 Å². The molecule has 0 saturated heterocycles. The van der Waals surface area contributed by atoms with E-state index in [4.69, 9.17) is 5.11 Å². The number of carboxylic acids is 1. The fraction of sp³-hybridized carbons (Fsp3) is 0.385. The summed E-state index contributed by atoms with van der Waals surface area (Å²) in [5.41, 5.74) is 0.335. The lowest BCUT2D eigenvalue weighted by molar-refractivity contribution is -0.137. The Morgan fingerprint density at radius 3 is 2.53 bits per heavy atom. The Morgan fingerprint density at radius 1 is 1.32 bits per heavy atom. The summed E-state index contributed by atoms with van der Waals surface area (Å²) < 4.78 is 25.6. The quantitative estimate of drug-likeness (QED) is 0.830. The van der Waals surface area contributed by atoms with Crippen LogP contribution in [0.1, 0.15) is 25.3 Å². The highest BCUT2D eigenvalue weighted by molar-refractivity contribution is 5.79. The van der Waals surface area contributed by atoms with Crippen LogP contribution >= 0.6 is 0 Å². The minimum atomic E-state index is -1.01. The van der Waals surface area contributed by atoms with Crippen molar-refractivity contribution in [3.63, 3.8) is 0 Å². The maximum absolute atomic E-state index is 12.9. The number of benzene rings is 1. The van der Waals surface area contributed by atoms with Crippen LogP contribution in [0, 0.1) is 11.6 Å². The molecule has 0 aliphatic carbocycles. The van der Waals surface area contributed by atoms with Crippen molar-refractivity contribution in [3.05, 3.63) is 35.4 Å². The second kappa shape index (κ2) is 6.82. The summed E-state index contributed by atoms with van der Waals surface area (Å²) in [7, 11) is 0. The van der Waals surface area contributed by atoms with Crippen LogP contribution in [0.15, 0.2) is 18.2 Å². The average Bonchev–Trinajstić information content (AvgIpc) is 2.32. The first-order valence-electron chi connectivity index (χ1n) is 5.87. The third kappa shape index (κ3) is 5.03. The van der Waals surface area contributed by atoms with Crippen molar-refractivity contribution < 1.29 is 23.5 Å². The Labute approximate surface area is 109 Å². The Hall–Kier alpha value is -1.98. The molecule has 19 heavy (non-hydrogen) atoms. The molecule has 1 amide bonds. The van der Waals surface area contributed by atoms with Gasteiger partial charge in [0.1, 0.15) is 0 Å². The SMILES string of the molecule is CCC(CC(=O)O)NC(=O)Cc1ccc(F)c(F)c1. The molecule has 0 fully saturated rings. The van der Waals surface area contributed by atoms with E-state index in [0.717, 1.165) is 12.1 Å². The highest BCUT2D eigenvalue weighted by atomic mass is 19.2. The largest absolute Gasteiger partial charge is 0.481 e. The molecule has 1 rings (SSSR count). The van der Waals surface area contributed by atoms with E-state index in [1.807, 2.05) is 0 Å². The topological polar surface area (TPSA) is 66.4 Å². The number of nitrogens with one attached hydrogen (secondary N) is 1. The zero-order valence-electron chi connectivity index (χ0n) is 10.5. The Balaban J connectivity index is 2.58. The monoisotopic (exact) mass is 271 g/mol. The van der Waals surface area contributed by atoms with Gasteiger partial charge >= 0.3 is 5.97 Å². The van der Waals surface area contributed by atoms with E-state index in [1.165, 1.54) is 6.07 Å². The van der Waals surface area contributed by atoms with Gasteiger partial charge in [-0.2, -0.15) is 0 Å². The van der Waals surface area contributed by atoms with Crippen LogP contribution in [0.5, 0.6) is 0 Å². The minimum absolute atomic E-state index is 0.118. The average molecular weight is 271 g/mol. The second-order valence-electron chi connectivity index (χ2n) is 4.20. The van der Waals surface area contributed by atoms with E-state index in [2.05, 4.69) is 5.32 Å². The van der Waals surface area contributed by atoms with Gasteiger partial charge in [0, 0.05) is 6.04 Å². The van der Waals surface area contributed by atoms with Crippen LogP contribution in [-0.2, 0) is 16.0 Å². The molecule has 0 aliphatic rings. The van der Waals surface area contributed by atoms with Gasteiger partial charge in [0.05, 0.1) is 12.8 Å². The zero-order chi connectivity index (χ0) is 14.4. The molecule has 0 aliphatic heterocycles. The molecule has 1 aromatic rings. The number of rotatable bonds is 6. The first-order valence-corrected chi connectivity index (χ1v) is 5.87. The van der Waals surface area contributed by atoms with E-state index >= 15 is 0 Å². The van der Waals surface area contributed by atoms with Crippen LogP contribution in [-0.4, -0.2) is 23.0 Å². The van der Waals surface area contributed by atoms with Gasteiger partial charge in [0.2, 0.25) is 5.91 Å². The van der Waals surface area contributed by atoms with E-state index in [0.29, 0.717) is 12.0 Å². The lowest BCUT2D eigenvalue weighted by Crippen LogP contribution is -2.36. The number of halogens is 2. The zero-order valence-corrected chi connectivity index (χ0v) is 10.5. The normalized spacial score (nSPS) is 11.9. The summed E-state index contributed by atoms with van der Waals surface area (Å²) in [6.07, 6.45) is 0.198. The van der Waals surface area contributed by atoms with Crippen LogP contribution in [0.4, 0.5) is 8.78 Å². The number of aliphatic carboxylic acids is 1. The van der Waals surface area contributed by atoms with Gasteiger partial charge in [-0.25, -0.2) is 8.78 Å². The van der Waals surface area contributed by atoms with Crippen molar-refractivity contribution in [3.8, 4) is 0 Å². The van der Waals surface area contributed by atoms with Crippen LogP contribution in [0.25, 0.3) is 0 Å². The van der Waals surface area contributed by atoms with Crippen molar-refractivity contribution in [1.82, 2.24) is 5.32 Å². The van der Waals surface area contributed by atoms with Gasteiger partial charge in [-0.05, 0) is 24.1 Å². The molecule has 2 N–H and O–H groups in total. The molecule has 0 saturated carbocycles. The summed E-state index contributed by atoms with van der Waals surface area (Å²) in [5.74, 6) is -3.40. The molecule has 0 aromatic heterocycles. The highest BCUT2D eigenvalue weighted by Crippen LogP contribution is 2.09. The number of carboxylic acid groups (broad SMARTS) is 1. The van der Waals surface area contributed by atoms with Crippen molar-refractivity contribution in [2.24, 2.45) is 0 Å². The number of carbonyl (C=O) groups excluding carboxylic acids is 1. The summed E-state index contributed by atoms with van der Waals surface area (Å²) in [6, 6.07) is 2.76. The first-order chi connectivity index (χ1) is 8.92. The van der Waals surface area contributed by atoms with Gasteiger partial charge in [-0.1, -0.05) is 13.0 Å². The van der Waals surface area contributed by atoms with Crippen LogP contribution in [0.2, 0.25) is 0 Å². The van der Waals surface area contributed by atoms with E-state index in [9.17, 15) is 18.4 Å². The van der Waals surface area contributed by atoms with E-state index in [1.54, 1.807) is 6.92 Å². The molecule has 0 bridgehead atoms. The molecule has 1 atom stereocenters. The van der Waals surface area contributed by atoms with Gasteiger partial charge in [0.25, 0.3) is 0 Å². The molecule has 4 nitrogen and oxygen atoms in total. The maximum Gasteiger partial charge on any atom is 0.305 e. The van der Waals surface area contributed by atoms with Crippen molar-refractivity contribution >= 4 is 11.9 Å². The van der Waals surface area contributed by atoms with Crippen molar-refractivity contribution in [2.75, 3.05) is 0 Å². The third-order valence-electron chi connectivity index (χ3n) is 2.63. The van der Waals surface area contributed by atoms with Gasteiger partial charge in [-0.15, -0.1) is 0 Å².